The van der Waals surface area contributed by atoms with E-state index in [0.717, 1.165) is 16.9 Å². The summed E-state index contributed by atoms with van der Waals surface area (Å²) in [5, 5.41) is 9.31. The number of carbonyl (C=O) groups excluding carboxylic acids is 1. The maximum Gasteiger partial charge on any atom is 0.410 e. The quantitative estimate of drug-likeness (QED) is 0.897. The summed E-state index contributed by atoms with van der Waals surface area (Å²) >= 11 is 0. The van der Waals surface area contributed by atoms with Crippen LogP contribution >= 0.6 is 0 Å². The van der Waals surface area contributed by atoms with Crippen molar-refractivity contribution >= 4 is 12.1 Å². The molecule has 21 heavy (non-hydrogen) atoms. The maximum absolute atomic E-state index is 12.0. The molecule has 1 aromatic carbocycles. The number of carboxylic acid groups (broad SMARTS) is 1. The Labute approximate surface area is 123 Å². The van der Waals surface area contributed by atoms with Gasteiger partial charge in [-0.1, -0.05) is 30.3 Å². The third-order valence-electron chi connectivity index (χ3n) is 3.48. The highest BCUT2D eigenvalue weighted by Crippen LogP contribution is 2.20. The van der Waals surface area contributed by atoms with E-state index >= 15 is 0 Å². The van der Waals surface area contributed by atoms with Crippen LogP contribution in [0.5, 0.6) is 0 Å². The van der Waals surface area contributed by atoms with Crippen LogP contribution in [0.4, 0.5) is 4.79 Å². The van der Waals surface area contributed by atoms with E-state index in [1.807, 2.05) is 30.3 Å². The number of rotatable bonds is 5. The predicted octanol–water partition coefficient (Wildman–Crippen LogP) is 1.89. The number of hydrogen-bond donors (Lipinski definition) is 1. The second-order valence-electron chi connectivity index (χ2n) is 4.99. The second kappa shape index (κ2) is 7.08. The van der Waals surface area contributed by atoms with Crippen molar-refractivity contribution in [2.75, 3.05) is 13.7 Å². The molecular weight excluding hydrogens is 274 g/mol. The summed E-state index contributed by atoms with van der Waals surface area (Å²) in [6.07, 6.45) is 0.299. The summed E-state index contributed by atoms with van der Waals surface area (Å²) in [6.45, 7) is 0.642. The van der Waals surface area contributed by atoms with Crippen molar-refractivity contribution < 1.29 is 24.2 Å². The lowest BCUT2D eigenvalue weighted by Gasteiger charge is -2.28. The number of hydrogen-bond acceptors (Lipinski definition) is 4. The van der Waals surface area contributed by atoms with E-state index < -0.39 is 24.2 Å². The fourth-order valence-electron chi connectivity index (χ4n) is 2.36. The first kappa shape index (κ1) is 15.3. The van der Waals surface area contributed by atoms with Crippen molar-refractivity contribution in [1.82, 2.24) is 4.90 Å². The molecule has 2 unspecified atom stereocenters. The molecule has 6 heteroatoms. The van der Waals surface area contributed by atoms with Crippen LogP contribution in [0.2, 0.25) is 0 Å². The van der Waals surface area contributed by atoms with E-state index in [4.69, 9.17) is 9.47 Å². The lowest BCUT2D eigenvalue weighted by molar-refractivity contribution is -0.146. The van der Waals surface area contributed by atoms with Crippen LogP contribution in [0, 0.1) is 0 Å². The van der Waals surface area contributed by atoms with Gasteiger partial charge >= 0.3 is 12.1 Å². The van der Waals surface area contributed by atoms with Gasteiger partial charge in [0.25, 0.3) is 0 Å². The maximum atomic E-state index is 12.0. The predicted molar refractivity (Wildman–Crippen MR) is 74.8 cm³/mol. The largest absolute Gasteiger partial charge is 0.480 e. The molecule has 1 aliphatic rings. The molecule has 0 aromatic heterocycles. The molecule has 2 rings (SSSR count). The monoisotopic (exact) mass is 293 g/mol. The Morgan fingerprint density at radius 3 is 2.71 bits per heavy atom. The Hall–Kier alpha value is -2.08. The first-order chi connectivity index (χ1) is 10.1. The Balaban J connectivity index is 1.94. The van der Waals surface area contributed by atoms with E-state index in [0.29, 0.717) is 13.0 Å². The molecule has 6 nitrogen and oxygen atoms in total. The summed E-state index contributed by atoms with van der Waals surface area (Å²) in [5.74, 6) is -1.08. The number of amides is 1. The highest BCUT2D eigenvalue weighted by molar-refractivity contribution is 5.80. The summed E-state index contributed by atoms with van der Waals surface area (Å²) in [6, 6.07) is 8.22. The molecule has 1 amide bonds. The second-order valence-corrected chi connectivity index (χ2v) is 4.99. The van der Waals surface area contributed by atoms with Crippen LogP contribution in [-0.2, 0) is 20.9 Å². The van der Waals surface area contributed by atoms with Gasteiger partial charge in [-0.3, -0.25) is 4.90 Å². The Morgan fingerprint density at radius 1 is 1.43 bits per heavy atom. The van der Waals surface area contributed by atoms with Crippen LogP contribution < -0.4 is 0 Å². The van der Waals surface area contributed by atoms with Gasteiger partial charge in [0.1, 0.15) is 6.61 Å². The highest BCUT2D eigenvalue weighted by atomic mass is 16.6. The van der Waals surface area contributed by atoms with Crippen molar-refractivity contribution in [3.63, 3.8) is 0 Å². The summed E-state index contributed by atoms with van der Waals surface area (Å²) in [4.78, 5) is 24.5. The van der Waals surface area contributed by atoms with Crippen LogP contribution in [0.15, 0.2) is 30.3 Å². The zero-order valence-corrected chi connectivity index (χ0v) is 11.9. The smallest absolute Gasteiger partial charge is 0.410 e. The van der Waals surface area contributed by atoms with Gasteiger partial charge in [-0.2, -0.15) is 0 Å². The number of benzene rings is 1. The lowest BCUT2D eigenvalue weighted by Crippen LogP contribution is -2.49. The molecule has 1 fully saturated rings. The zero-order chi connectivity index (χ0) is 15.2. The summed E-state index contributed by atoms with van der Waals surface area (Å²) in [7, 11) is 1.42. The SMILES string of the molecule is CN(C(=O)OCc1ccccc1)C(C(=O)O)C1CCCO1. The Morgan fingerprint density at radius 2 is 2.14 bits per heavy atom. The molecule has 1 saturated heterocycles. The number of nitrogens with zero attached hydrogens (tertiary/aromatic N) is 1. The van der Waals surface area contributed by atoms with Crippen LogP contribution in [0.25, 0.3) is 0 Å². The molecule has 1 aliphatic heterocycles. The van der Waals surface area contributed by atoms with E-state index in [-0.39, 0.29) is 6.61 Å². The van der Waals surface area contributed by atoms with Crippen LogP contribution in [0.1, 0.15) is 18.4 Å². The van der Waals surface area contributed by atoms with Gasteiger partial charge in [-0.15, -0.1) is 0 Å². The number of likely N-dealkylation sites (N-methyl/N-ethyl adjacent to an activating group) is 1. The third kappa shape index (κ3) is 3.95. The van der Waals surface area contributed by atoms with Gasteiger partial charge in [0.2, 0.25) is 0 Å². The average Bonchev–Trinajstić information content (AvgIpc) is 2.99. The minimum Gasteiger partial charge on any atom is -0.480 e. The minimum atomic E-state index is -1.08. The molecule has 0 saturated carbocycles. The number of aliphatic carboxylic acids is 1. The number of carboxylic acids is 1. The topological polar surface area (TPSA) is 76.1 Å². The minimum absolute atomic E-state index is 0.113. The van der Waals surface area contributed by atoms with Gasteiger partial charge in [0.15, 0.2) is 6.04 Å². The van der Waals surface area contributed by atoms with E-state index in [1.54, 1.807) is 0 Å². The van der Waals surface area contributed by atoms with Gasteiger partial charge in [-0.05, 0) is 18.4 Å². The van der Waals surface area contributed by atoms with Crippen molar-refractivity contribution in [3.05, 3.63) is 35.9 Å². The van der Waals surface area contributed by atoms with Gasteiger partial charge < -0.3 is 14.6 Å². The van der Waals surface area contributed by atoms with Crippen molar-refractivity contribution in [2.45, 2.75) is 31.6 Å². The van der Waals surface area contributed by atoms with Gasteiger partial charge in [0, 0.05) is 13.7 Å². The summed E-state index contributed by atoms with van der Waals surface area (Å²) < 4.78 is 10.5. The highest BCUT2D eigenvalue weighted by Gasteiger charge is 2.37. The van der Waals surface area contributed by atoms with E-state index in [2.05, 4.69) is 0 Å². The molecule has 0 spiro atoms. The first-order valence-electron chi connectivity index (χ1n) is 6.87. The van der Waals surface area contributed by atoms with Gasteiger partial charge in [-0.25, -0.2) is 9.59 Å². The molecule has 0 aliphatic carbocycles. The first-order valence-corrected chi connectivity index (χ1v) is 6.87. The standard InChI is InChI=1S/C15H19NO5/c1-16(13(14(17)18)12-8-5-9-20-12)15(19)21-10-11-6-3-2-4-7-11/h2-4,6-7,12-13H,5,8-10H2,1H3,(H,17,18). The third-order valence-corrected chi connectivity index (χ3v) is 3.48. The lowest BCUT2D eigenvalue weighted by atomic mass is 10.1. The van der Waals surface area contributed by atoms with Crippen LogP contribution in [-0.4, -0.2) is 47.9 Å². The molecule has 114 valence electrons. The molecule has 0 radical (unpaired) electrons. The summed E-state index contributed by atoms with van der Waals surface area (Å²) in [5.41, 5.74) is 0.850. The molecule has 1 aromatic rings. The molecule has 0 bridgehead atoms. The van der Waals surface area contributed by atoms with E-state index in [1.165, 1.54) is 7.05 Å². The molecular formula is C15H19NO5. The normalized spacial score (nSPS) is 19.0. The van der Waals surface area contributed by atoms with Crippen molar-refractivity contribution in [2.24, 2.45) is 0 Å². The van der Waals surface area contributed by atoms with Gasteiger partial charge in [0.05, 0.1) is 6.10 Å². The van der Waals surface area contributed by atoms with Crippen molar-refractivity contribution in [1.29, 1.82) is 0 Å². The fourth-order valence-corrected chi connectivity index (χ4v) is 2.36. The Bertz CT molecular complexity index is 484. The van der Waals surface area contributed by atoms with Crippen LogP contribution in [0.3, 0.4) is 0 Å². The van der Waals surface area contributed by atoms with E-state index in [9.17, 15) is 14.7 Å². The molecule has 2 atom stereocenters. The fraction of sp³-hybridized carbons (Fsp3) is 0.467. The average molecular weight is 293 g/mol. The zero-order valence-electron chi connectivity index (χ0n) is 11.9. The van der Waals surface area contributed by atoms with Crippen molar-refractivity contribution in [3.8, 4) is 0 Å². The number of carbonyl (C=O) groups is 2. The molecule has 1 heterocycles. The number of ether oxygens (including phenoxy) is 2. The molecule has 1 N–H and O–H groups in total. The Kier molecular flexibility index (Phi) is 5.16.